The van der Waals surface area contributed by atoms with Gasteiger partial charge in [-0.25, -0.2) is 9.90 Å². The van der Waals surface area contributed by atoms with Crippen molar-refractivity contribution < 1.29 is 14.8 Å². The highest BCUT2D eigenvalue weighted by atomic mass is 16.6. The van der Waals surface area contributed by atoms with E-state index in [1.54, 1.807) is 0 Å². The molecule has 0 N–H and O–H groups in total. The molecule has 0 aliphatic carbocycles. The van der Waals surface area contributed by atoms with Gasteiger partial charge >= 0.3 is 5.97 Å². The van der Waals surface area contributed by atoms with Gasteiger partial charge in [0.2, 0.25) is 0 Å². The third-order valence-corrected chi connectivity index (χ3v) is 1.52. The first kappa shape index (κ1) is 9.91. The summed E-state index contributed by atoms with van der Waals surface area (Å²) in [5.74, 6) is -1.30. The second-order valence-electron chi connectivity index (χ2n) is 2.50. The molecule has 0 spiro atoms. The molecule has 1 radical (unpaired) electrons. The zero-order valence-electron chi connectivity index (χ0n) is 7.04. The molecule has 1 rings (SSSR count). The van der Waals surface area contributed by atoms with E-state index in [4.69, 9.17) is 0 Å². The fourth-order valence-corrected chi connectivity index (χ4v) is 0.871. The van der Waals surface area contributed by atoms with Crippen molar-refractivity contribution in [2.75, 3.05) is 0 Å². The van der Waals surface area contributed by atoms with Crippen molar-refractivity contribution in [3.63, 3.8) is 0 Å². The van der Waals surface area contributed by atoms with Crippen LogP contribution in [0.2, 0.25) is 0 Å². The second kappa shape index (κ2) is 4.18. The molecule has 0 fully saturated rings. The van der Waals surface area contributed by atoms with Crippen molar-refractivity contribution in [1.82, 2.24) is 0 Å². The van der Waals surface area contributed by atoms with Gasteiger partial charge in [0.1, 0.15) is 0 Å². The Hall–Kier alpha value is -2.17. The molecule has 0 aliphatic heterocycles. The van der Waals surface area contributed by atoms with Crippen LogP contribution in [0.15, 0.2) is 30.3 Å². The number of nitro benzene ring substituents is 1. The Bertz CT molecular complexity index is 380. The van der Waals surface area contributed by atoms with E-state index in [1.807, 2.05) is 0 Å². The Morgan fingerprint density at radius 3 is 2.29 bits per heavy atom. The number of nitrogens with zero attached hydrogens (tertiary/aromatic N) is 1. The number of nitro groups is 1. The minimum atomic E-state index is -1.30. The Morgan fingerprint density at radius 2 is 1.86 bits per heavy atom. The average molecular weight is 192 g/mol. The molecule has 14 heavy (non-hydrogen) atoms. The van der Waals surface area contributed by atoms with Crippen LogP contribution >= 0.6 is 0 Å². The first-order valence-electron chi connectivity index (χ1n) is 3.73. The molecule has 0 heterocycles. The monoisotopic (exact) mass is 192 g/mol. The summed E-state index contributed by atoms with van der Waals surface area (Å²) in [6, 6.07) is 5.51. The van der Waals surface area contributed by atoms with E-state index >= 15 is 0 Å². The maximum absolute atomic E-state index is 10.3. The molecule has 5 heteroatoms. The number of benzene rings is 1. The van der Waals surface area contributed by atoms with Crippen LogP contribution in [0.5, 0.6) is 0 Å². The van der Waals surface area contributed by atoms with Crippen molar-refractivity contribution in [2.24, 2.45) is 0 Å². The number of hydrogen-bond acceptors (Lipinski definition) is 3. The summed E-state index contributed by atoms with van der Waals surface area (Å²) in [5, 5.41) is 20.3. The predicted octanol–water partition coefficient (Wildman–Crippen LogP) is 1.57. The molecule has 5 nitrogen and oxygen atoms in total. The molecule has 1 aromatic rings. The largest absolute Gasteiger partial charge is 0.379 e. The van der Waals surface area contributed by atoms with Crippen molar-refractivity contribution in [3.8, 4) is 0 Å². The molecular weight excluding hydrogens is 186 g/mol. The standard InChI is InChI=1S/C9H6NO4/c11-9(12)6-3-7-1-4-8(5-2-7)10(13)14/h1-6H/b6-3+. The lowest BCUT2D eigenvalue weighted by Crippen LogP contribution is -1.87. The highest BCUT2D eigenvalue weighted by Gasteiger charge is 2.02. The molecule has 0 bridgehead atoms. The third kappa shape index (κ3) is 2.71. The molecule has 0 saturated heterocycles. The summed E-state index contributed by atoms with van der Waals surface area (Å²) in [5.41, 5.74) is 0.537. The van der Waals surface area contributed by atoms with Crippen LogP contribution < -0.4 is 0 Å². The second-order valence-corrected chi connectivity index (χ2v) is 2.50. The third-order valence-electron chi connectivity index (χ3n) is 1.52. The molecule has 1 aromatic carbocycles. The minimum absolute atomic E-state index is 0.0319. The lowest BCUT2D eigenvalue weighted by molar-refractivity contribution is -0.384. The number of non-ortho nitro benzene ring substituents is 1. The number of hydrogen-bond donors (Lipinski definition) is 0. The van der Waals surface area contributed by atoms with Gasteiger partial charge in [-0.05, 0) is 23.8 Å². The van der Waals surface area contributed by atoms with E-state index in [9.17, 15) is 20.0 Å². The van der Waals surface area contributed by atoms with Crippen LogP contribution in [0.25, 0.3) is 6.08 Å². The van der Waals surface area contributed by atoms with E-state index < -0.39 is 10.9 Å². The van der Waals surface area contributed by atoms with Gasteiger partial charge in [0, 0.05) is 18.2 Å². The van der Waals surface area contributed by atoms with Crippen LogP contribution in [0.3, 0.4) is 0 Å². The fourth-order valence-electron chi connectivity index (χ4n) is 0.871. The molecule has 0 aliphatic rings. The minimum Gasteiger partial charge on any atom is -0.258 e. The van der Waals surface area contributed by atoms with E-state index in [0.717, 1.165) is 6.08 Å². The maximum Gasteiger partial charge on any atom is 0.379 e. The van der Waals surface area contributed by atoms with Crippen molar-refractivity contribution in [3.05, 3.63) is 46.0 Å². The quantitative estimate of drug-likeness (QED) is 0.414. The van der Waals surface area contributed by atoms with Gasteiger partial charge < -0.3 is 0 Å². The van der Waals surface area contributed by atoms with Crippen molar-refractivity contribution in [2.45, 2.75) is 0 Å². The number of carbonyl (C=O) groups is 1. The van der Waals surface area contributed by atoms with E-state index in [-0.39, 0.29) is 5.69 Å². The average Bonchev–Trinajstić information content (AvgIpc) is 2.15. The first-order chi connectivity index (χ1) is 6.59. The molecule has 71 valence electrons. The SMILES string of the molecule is [O]C(=O)/C=C/c1ccc([N+](=O)[O-])cc1. The normalized spacial score (nSPS) is 10.3. The van der Waals surface area contributed by atoms with Gasteiger partial charge in [-0.1, -0.05) is 0 Å². The maximum atomic E-state index is 10.3. The van der Waals surface area contributed by atoms with Gasteiger partial charge in [0.15, 0.2) is 0 Å². The highest BCUT2D eigenvalue weighted by Crippen LogP contribution is 2.12. The smallest absolute Gasteiger partial charge is 0.258 e. The molecule has 0 unspecified atom stereocenters. The molecular formula is C9H6NO4. The Labute approximate surface area is 79.4 Å². The van der Waals surface area contributed by atoms with Crippen molar-refractivity contribution in [1.29, 1.82) is 0 Å². The topological polar surface area (TPSA) is 80.1 Å². The molecule has 0 amide bonds. The van der Waals surface area contributed by atoms with Crippen LogP contribution in [-0.2, 0) is 9.90 Å². The fraction of sp³-hybridized carbons (Fsp3) is 0. The highest BCUT2D eigenvalue weighted by molar-refractivity contribution is 5.84. The van der Waals surface area contributed by atoms with E-state index in [0.29, 0.717) is 5.56 Å². The van der Waals surface area contributed by atoms with Crippen molar-refractivity contribution >= 4 is 17.7 Å². The zero-order chi connectivity index (χ0) is 10.6. The van der Waals surface area contributed by atoms with Crippen LogP contribution in [0.4, 0.5) is 5.69 Å². The van der Waals surface area contributed by atoms with Gasteiger partial charge in [-0.2, -0.15) is 0 Å². The van der Waals surface area contributed by atoms with E-state index in [1.165, 1.54) is 30.3 Å². The van der Waals surface area contributed by atoms with E-state index in [2.05, 4.69) is 0 Å². The lowest BCUT2D eigenvalue weighted by atomic mass is 10.2. The van der Waals surface area contributed by atoms with Gasteiger partial charge in [-0.3, -0.25) is 10.1 Å². The van der Waals surface area contributed by atoms with Gasteiger partial charge in [0.25, 0.3) is 5.69 Å². The molecule has 0 aromatic heterocycles. The Morgan fingerprint density at radius 1 is 1.29 bits per heavy atom. The summed E-state index contributed by atoms with van der Waals surface area (Å²) in [6.45, 7) is 0. The summed E-state index contributed by atoms with van der Waals surface area (Å²) in [6.07, 6.45) is 2.17. The van der Waals surface area contributed by atoms with Crippen LogP contribution in [0, 0.1) is 10.1 Å². The lowest BCUT2D eigenvalue weighted by Gasteiger charge is -1.92. The van der Waals surface area contributed by atoms with Gasteiger partial charge in [0.05, 0.1) is 4.92 Å². The van der Waals surface area contributed by atoms with Gasteiger partial charge in [-0.15, -0.1) is 0 Å². The molecule has 0 atom stereocenters. The summed E-state index contributed by atoms with van der Waals surface area (Å²) >= 11 is 0. The zero-order valence-corrected chi connectivity index (χ0v) is 7.04. The molecule has 0 saturated carbocycles. The summed E-state index contributed by atoms with van der Waals surface area (Å²) in [4.78, 5) is 19.8. The summed E-state index contributed by atoms with van der Waals surface area (Å²) < 4.78 is 0. The summed E-state index contributed by atoms with van der Waals surface area (Å²) in [7, 11) is 0. The number of rotatable bonds is 3. The Kier molecular flexibility index (Phi) is 2.96. The van der Waals surface area contributed by atoms with Crippen LogP contribution in [-0.4, -0.2) is 10.9 Å². The first-order valence-corrected chi connectivity index (χ1v) is 3.73. The Balaban J connectivity index is 2.83. The number of carbonyl (C=O) groups excluding carboxylic acids is 1. The van der Waals surface area contributed by atoms with Crippen LogP contribution in [0.1, 0.15) is 5.56 Å². The predicted molar refractivity (Wildman–Crippen MR) is 47.8 cm³/mol.